The van der Waals surface area contributed by atoms with Crippen molar-refractivity contribution in [2.24, 2.45) is 5.73 Å². The minimum Gasteiger partial charge on any atom is -0.380 e. The molecule has 0 amide bonds. The van der Waals surface area contributed by atoms with E-state index in [9.17, 15) is 0 Å². The average molecular weight is 238 g/mol. The van der Waals surface area contributed by atoms with Gasteiger partial charge in [0.25, 0.3) is 0 Å². The lowest BCUT2D eigenvalue weighted by molar-refractivity contribution is -0.00449. The van der Waals surface area contributed by atoms with Crippen LogP contribution in [0, 0.1) is 0 Å². The molecule has 0 aliphatic carbocycles. The highest BCUT2D eigenvalue weighted by Gasteiger charge is 2.33. The standard InChI is InChI=1S/C12H22N4O/c1-3-17-10-12(2,9-13)16-7-6-15-5-4-14-11(15)8-16/h4-5H,3,6-10,13H2,1-2H3. The first-order valence-electron chi connectivity index (χ1n) is 6.22. The first-order valence-corrected chi connectivity index (χ1v) is 6.22. The smallest absolute Gasteiger partial charge is 0.122 e. The van der Waals surface area contributed by atoms with Gasteiger partial charge in [-0.2, -0.15) is 0 Å². The molecular weight excluding hydrogens is 216 g/mol. The van der Waals surface area contributed by atoms with Crippen molar-refractivity contribution in [1.82, 2.24) is 14.5 Å². The van der Waals surface area contributed by atoms with E-state index in [0.29, 0.717) is 13.2 Å². The predicted molar refractivity (Wildman–Crippen MR) is 66.6 cm³/mol. The van der Waals surface area contributed by atoms with Crippen molar-refractivity contribution in [3.8, 4) is 0 Å². The lowest BCUT2D eigenvalue weighted by Gasteiger charge is -2.42. The Bertz CT molecular complexity index is 365. The summed E-state index contributed by atoms with van der Waals surface area (Å²) in [6.07, 6.45) is 3.90. The topological polar surface area (TPSA) is 56.3 Å². The van der Waals surface area contributed by atoms with Crippen molar-refractivity contribution in [2.75, 3.05) is 26.3 Å². The molecule has 2 heterocycles. The molecule has 0 fully saturated rings. The maximum absolute atomic E-state index is 5.93. The summed E-state index contributed by atoms with van der Waals surface area (Å²) in [4.78, 5) is 6.75. The van der Waals surface area contributed by atoms with Crippen molar-refractivity contribution < 1.29 is 4.74 Å². The Labute approximate surface area is 103 Å². The summed E-state index contributed by atoms with van der Waals surface area (Å²) in [5.74, 6) is 1.12. The summed E-state index contributed by atoms with van der Waals surface area (Å²) < 4.78 is 7.77. The SMILES string of the molecule is CCOCC(C)(CN)N1CCn2ccnc2C1. The van der Waals surface area contributed by atoms with Gasteiger partial charge in [0.1, 0.15) is 5.82 Å². The molecule has 2 N–H and O–H groups in total. The maximum Gasteiger partial charge on any atom is 0.122 e. The van der Waals surface area contributed by atoms with Crippen LogP contribution >= 0.6 is 0 Å². The number of hydrogen-bond acceptors (Lipinski definition) is 4. The number of aromatic nitrogens is 2. The molecule has 0 bridgehead atoms. The van der Waals surface area contributed by atoms with Crippen LogP contribution in [0.15, 0.2) is 12.4 Å². The van der Waals surface area contributed by atoms with Crippen LogP contribution < -0.4 is 5.73 Å². The molecule has 1 aliphatic heterocycles. The molecule has 2 rings (SSSR count). The van der Waals surface area contributed by atoms with Crippen LogP contribution in [0.5, 0.6) is 0 Å². The first-order chi connectivity index (χ1) is 8.19. The van der Waals surface area contributed by atoms with E-state index in [1.807, 2.05) is 19.3 Å². The van der Waals surface area contributed by atoms with Crippen LogP contribution in [0.25, 0.3) is 0 Å². The van der Waals surface area contributed by atoms with E-state index in [2.05, 4.69) is 21.4 Å². The fourth-order valence-corrected chi connectivity index (χ4v) is 2.24. The van der Waals surface area contributed by atoms with Gasteiger partial charge >= 0.3 is 0 Å². The molecule has 5 heteroatoms. The van der Waals surface area contributed by atoms with Crippen LogP contribution in [-0.4, -0.2) is 46.3 Å². The van der Waals surface area contributed by atoms with Gasteiger partial charge in [-0.25, -0.2) is 4.98 Å². The summed E-state index contributed by atoms with van der Waals surface area (Å²) in [5, 5.41) is 0. The quantitative estimate of drug-likeness (QED) is 0.809. The molecule has 1 aromatic rings. The van der Waals surface area contributed by atoms with Gasteiger partial charge in [0.15, 0.2) is 0 Å². The average Bonchev–Trinajstić information content (AvgIpc) is 2.83. The highest BCUT2D eigenvalue weighted by molar-refractivity contribution is 4.99. The van der Waals surface area contributed by atoms with E-state index in [1.165, 1.54) is 0 Å². The molecule has 0 radical (unpaired) electrons. The summed E-state index contributed by atoms with van der Waals surface area (Å²) in [5.41, 5.74) is 5.83. The van der Waals surface area contributed by atoms with Gasteiger partial charge in [-0.3, -0.25) is 4.90 Å². The van der Waals surface area contributed by atoms with E-state index in [-0.39, 0.29) is 5.54 Å². The maximum atomic E-state index is 5.93. The van der Waals surface area contributed by atoms with Crippen molar-refractivity contribution in [2.45, 2.75) is 32.5 Å². The van der Waals surface area contributed by atoms with Crippen LogP contribution in [-0.2, 0) is 17.8 Å². The number of nitrogens with two attached hydrogens (primary N) is 1. The monoisotopic (exact) mass is 238 g/mol. The molecule has 17 heavy (non-hydrogen) atoms. The fraction of sp³-hybridized carbons (Fsp3) is 0.750. The Balaban J connectivity index is 2.07. The van der Waals surface area contributed by atoms with Crippen molar-refractivity contribution >= 4 is 0 Å². The Hall–Kier alpha value is -0.910. The van der Waals surface area contributed by atoms with Gasteiger partial charge < -0.3 is 15.0 Å². The van der Waals surface area contributed by atoms with Gasteiger partial charge in [-0.15, -0.1) is 0 Å². The third-order valence-corrected chi connectivity index (χ3v) is 3.57. The molecule has 5 nitrogen and oxygen atoms in total. The molecule has 0 saturated carbocycles. The molecule has 0 spiro atoms. The largest absolute Gasteiger partial charge is 0.380 e. The lowest BCUT2D eigenvalue weighted by atomic mass is 10.0. The molecule has 1 unspecified atom stereocenters. The number of hydrogen-bond donors (Lipinski definition) is 1. The second kappa shape index (κ2) is 5.16. The lowest BCUT2D eigenvalue weighted by Crippen LogP contribution is -2.56. The summed E-state index contributed by atoms with van der Waals surface area (Å²) >= 11 is 0. The number of rotatable bonds is 5. The van der Waals surface area contributed by atoms with E-state index in [4.69, 9.17) is 10.5 Å². The fourth-order valence-electron chi connectivity index (χ4n) is 2.24. The second-order valence-corrected chi connectivity index (χ2v) is 4.80. The Morgan fingerprint density at radius 2 is 2.35 bits per heavy atom. The molecule has 1 atom stereocenters. The van der Waals surface area contributed by atoms with Gasteiger partial charge in [-0.05, 0) is 13.8 Å². The van der Waals surface area contributed by atoms with E-state index < -0.39 is 0 Å². The molecule has 1 aromatic heterocycles. The Morgan fingerprint density at radius 1 is 1.53 bits per heavy atom. The normalized spacial score (nSPS) is 19.9. The van der Waals surface area contributed by atoms with Crippen molar-refractivity contribution in [1.29, 1.82) is 0 Å². The molecule has 1 aliphatic rings. The van der Waals surface area contributed by atoms with Gasteiger partial charge in [-0.1, -0.05) is 0 Å². The van der Waals surface area contributed by atoms with Crippen molar-refractivity contribution in [3.05, 3.63) is 18.2 Å². The molecule has 0 saturated heterocycles. The number of imidazole rings is 1. The Kier molecular flexibility index (Phi) is 3.81. The van der Waals surface area contributed by atoms with Crippen LogP contribution in [0.4, 0.5) is 0 Å². The highest BCUT2D eigenvalue weighted by Crippen LogP contribution is 2.21. The second-order valence-electron chi connectivity index (χ2n) is 4.80. The minimum atomic E-state index is -0.0901. The molecular formula is C12H22N4O. The first kappa shape index (κ1) is 12.5. The van der Waals surface area contributed by atoms with E-state index >= 15 is 0 Å². The summed E-state index contributed by atoms with van der Waals surface area (Å²) in [7, 11) is 0. The minimum absolute atomic E-state index is 0.0901. The molecule has 0 aromatic carbocycles. The van der Waals surface area contributed by atoms with Crippen LogP contribution in [0.2, 0.25) is 0 Å². The summed E-state index contributed by atoms with van der Waals surface area (Å²) in [6, 6.07) is 0. The summed E-state index contributed by atoms with van der Waals surface area (Å²) in [6.45, 7) is 9.04. The highest BCUT2D eigenvalue weighted by atomic mass is 16.5. The number of ether oxygens (including phenoxy) is 1. The zero-order valence-corrected chi connectivity index (χ0v) is 10.7. The third-order valence-electron chi connectivity index (χ3n) is 3.57. The zero-order valence-electron chi connectivity index (χ0n) is 10.7. The van der Waals surface area contributed by atoms with E-state index in [1.54, 1.807) is 0 Å². The van der Waals surface area contributed by atoms with Gasteiger partial charge in [0.05, 0.1) is 18.7 Å². The third kappa shape index (κ3) is 2.51. The van der Waals surface area contributed by atoms with Gasteiger partial charge in [0.2, 0.25) is 0 Å². The van der Waals surface area contributed by atoms with Crippen LogP contribution in [0.3, 0.4) is 0 Å². The van der Waals surface area contributed by atoms with Crippen LogP contribution in [0.1, 0.15) is 19.7 Å². The Morgan fingerprint density at radius 3 is 3.06 bits per heavy atom. The zero-order chi connectivity index (χ0) is 12.3. The molecule has 96 valence electrons. The number of nitrogens with zero attached hydrogens (tertiary/aromatic N) is 3. The van der Waals surface area contributed by atoms with Crippen molar-refractivity contribution in [3.63, 3.8) is 0 Å². The number of fused-ring (bicyclic) bond motifs is 1. The van der Waals surface area contributed by atoms with Gasteiger partial charge in [0, 0.05) is 38.6 Å². The van der Waals surface area contributed by atoms with E-state index in [0.717, 1.165) is 32.1 Å². The predicted octanol–water partition coefficient (Wildman–Crippen LogP) is 0.453.